The molecule has 1 aliphatic rings. The summed E-state index contributed by atoms with van der Waals surface area (Å²) in [5.74, 6) is -0.722. The van der Waals surface area contributed by atoms with Gasteiger partial charge in [-0.25, -0.2) is 9.78 Å². The minimum atomic E-state index is -0.981. The van der Waals surface area contributed by atoms with Crippen molar-refractivity contribution in [3.8, 4) is 0 Å². The quantitative estimate of drug-likeness (QED) is 0.768. The van der Waals surface area contributed by atoms with Gasteiger partial charge in [0.2, 0.25) is 0 Å². The molecule has 14 heavy (non-hydrogen) atoms. The third-order valence-corrected chi connectivity index (χ3v) is 2.34. The molecule has 0 spiro atoms. The van der Waals surface area contributed by atoms with Gasteiger partial charge in [-0.2, -0.15) is 0 Å². The first-order valence-corrected chi connectivity index (χ1v) is 4.55. The molecule has 1 fully saturated rings. The number of ether oxygens (including phenoxy) is 1. The number of hydrogen-bond donors (Lipinski definition) is 1. The molecule has 4 heteroatoms. The molecule has 1 aromatic heterocycles. The summed E-state index contributed by atoms with van der Waals surface area (Å²) >= 11 is 0. The molecule has 1 unspecified atom stereocenters. The van der Waals surface area contributed by atoms with E-state index < -0.39 is 5.97 Å². The zero-order valence-electron chi connectivity index (χ0n) is 7.64. The van der Waals surface area contributed by atoms with Gasteiger partial charge in [0, 0.05) is 18.2 Å². The lowest BCUT2D eigenvalue weighted by atomic mass is 10.0. The van der Waals surface area contributed by atoms with Crippen LogP contribution in [0.1, 0.15) is 28.5 Å². The Morgan fingerprint density at radius 2 is 2.43 bits per heavy atom. The number of aromatic nitrogens is 1. The number of carbonyl (C=O) groups is 1. The molecule has 1 atom stereocenters. The highest BCUT2D eigenvalue weighted by Crippen LogP contribution is 2.23. The van der Waals surface area contributed by atoms with Gasteiger partial charge in [-0.3, -0.25) is 0 Å². The van der Waals surface area contributed by atoms with Crippen LogP contribution in [0.3, 0.4) is 0 Å². The van der Waals surface area contributed by atoms with Gasteiger partial charge in [-0.1, -0.05) is 6.07 Å². The van der Waals surface area contributed by atoms with E-state index in [0.29, 0.717) is 6.61 Å². The van der Waals surface area contributed by atoms with Crippen LogP contribution in [0.15, 0.2) is 18.2 Å². The molecule has 0 aromatic carbocycles. The van der Waals surface area contributed by atoms with E-state index >= 15 is 0 Å². The fraction of sp³-hybridized carbons (Fsp3) is 0.400. The first-order chi connectivity index (χ1) is 6.77. The van der Waals surface area contributed by atoms with E-state index in [0.717, 1.165) is 18.7 Å². The second-order valence-electron chi connectivity index (χ2n) is 3.31. The van der Waals surface area contributed by atoms with Crippen LogP contribution in [-0.2, 0) is 4.74 Å². The van der Waals surface area contributed by atoms with Gasteiger partial charge in [-0.05, 0) is 18.6 Å². The Balaban J connectivity index is 2.25. The van der Waals surface area contributed by atoms with E-state index in [1.165, 1.54) is 6.07 Å². The highest BCUT2D eigenvalue weighted by molar-refractivity contribution is 5.85. The lowest BCUT2D eigenvalue weighted by Crippen LogP contribution is -2.06. The molecule has 0 bridgehead atoms. The van der Waals surface area contributed by atoms with Gasteiger partial charge in [0.15, 0.2) is 0 Å². The summed E-state index contributed by atoms with van der Waals surface area (Å²) in [5, 5.41) is 8.76. The fourth-order valence-electron chi connectivity index (χ4n) is 1.57. The van der Waals surface area contributed by atoms with Crippen LogP contribution in [0.4, 0.5) is 0 Å². The minimum Gasteiger partial charge on any atom is -0.477 e. The predicted octanol–water partition coefficient (Wildman–Crippen LogP) is 1.28. The molecule has 0 aliphatic carbocycles. The summed E-state index contributed by atoms with van der Waals surface area (Å²) in [6.45, 7) is 1.39. The summed E-state index contributed by atoms with van der Waals surface area (Å²) in [6.07, 6.45) is 0.927. The number of aromatic carboxylic acids is 1. The lowest BCUT2D eigenvalue weighted by Gasteiger charge is -2.06. The molecular weight excluding hydrogens is 182 g/mol. The molecule has 2 rings (SSSR count). The van der Waals surface area contributed by atoms with Gasteiger partial charge >= 0.3 is 5.97 Å². The Hall–Kier alpha value is -1.42. The average molecular weight is 193 g/mol. The fourth-order valence-corrected chi connectivity index (χ4v) is 1.57. The van der Waals surface area contributed by atoms with Crippen molar-refractivity contribution in [2.75, 3.05) is 13.2 Å². The van der Waals surface area contributed by atoms with Crippen molar-refractivity contribution < 1.29 is 14.6 Å². The smallest absolute Gasteiger partial charge is 0.354 e. The standard InChI is InChI=1S/C10H11NO3/c12-10(13)9-3-1-2-8(11-9)7-4-5-14-6-7/h1-3,7H,4-6H2,(H,12,13). The van der Waals surface area contributed by atoms with E-state index in [4.69, 9.17) is 9.84 Å². The number of nitrogens with zero attached hydrogens (tertiary/aromatic N) is 1. The van der Waals surface area contributed by atoms with Crippen molar-refractivity contribution in [2.24, 2.45) is 0 Å². The molecule has 1 saturated heterocycles. The summed E-state index contributed by atoms with van der Waals surface area (Å²) in [6, 6.07) is 5.08. The van der Waals surface area contributed by atoms with Crippen LogP contribution in [0.5, 0.6) is 0 Å². The van der Waals surface area contributed by atoms with E-state index in [9.17, 15) is 4.79 Å². The SMILES string of the molecule is O=C(O)c1cccc(C2CCOC2)n1. The topological polar surface area (TPSA) is 59.4 Å². The molecule has 0 amide bonds. The molecular formula is C10H11NO3. The van der Waals surface area contributed by atoms with Crippen molar-refractivity contribution in [3.05, 3.63) is 29.6 Å². The molecule has 74 valence electrons. The van der Waals surface area contributed by atoms with Gasteiger partial charge in [-0.15, -0.1) is 0 Å². The maximum atomic E-state index is 10.7. The van der Waals surface area contributed by atoms with E-state index in [1.807, 2.05) is 6.07 Å². The van der Waals surface area contributed by atoms with Crippen LogP contribution in [-0.4, -0.2) is 29.3 Å². The second-order valence-corrected chi connectivity index (χ2v) is 3.31. The zero-order chi connectivity index (χ0) is 9.97. The number of pyridine rings is 1. The molecule has 1 aromatic rings. The van der Waals surface area contributed by atoms with E-state index in [2.05, 4.69) is 4.98 Å². The molecule has 0 radical (unpaired) electrons. The maximum absolute atomic E-state index is 10.7. The lowest BCUT2D eigenvalue weighted by molar-refractivity contribution is 0.0690. The Labute approximate surface area is 81.5 Å². The van der Waals surface area contributed by atoms with E-state index in [1.54, 1.807) is 6.07 Å². The number of rotatable bonds is 2. The second kappa shape index (κ2) is 3.75. The van der Waals surface area contributed by atoms with Gasteiger partial charge in [0.25, 0.3) is 0 Å². The van der Waals surface area contributed by atoms with Crippen LogP contribution >= 0.6 is 0 Å². The normalized spacial score (nSPS) is 21.0. The zero-order valence-corrected chi connectivity index (χ0v) is 7.64. The third kappa shape index (κ3) is 1.75. The Morgan fingerprint density at radius 3 is 3.07 bits per heavy atom. The molecule has 1 aliphatic heterocycles. The summed E-state index contributed by atoms with van der Waals surface area (Å²) in [5.41, 5.74) is 0.928. The van der Waals surface area contributed by atoms with E-state index in [-0.39, 0.29) is 11.6 Å². The Kier molecular flexibility index (Phi) is 2.45. The summed E-state index contributed by atoms with van der Waals surface area (Å²) in [4.78, 5) is 14.7. The van der Waals surface area contributed by atoms with Gasteiger partial charge in [0.1, 0.15) is 5.69 Å². The largest absolute Gasteiger partial charge is 0.477 e. The van der Waals surface area contributed by atoms with Gasteiger partial charge in [0.05, 0.1) is 6.61 Å². The Morgan fingerprint density at radius 1 is 1.57 bits per heavy atom. The highest BCUT2D eigenvalue weighted by Gasteiger charge is 2.19. The number of carboxylic acids is 1. The number of hydrogen-bond acceptors (Lipinski definition) is 3. The Bertz CT molecular complexity index is 345. The maximum Gasteiger partial charge on any atom is 0.354 e. The third-order valence-electron chi connectivity index (χ3n) is 2.34. The van der Waals surface area contributed by atoms with Crippen LogP contribution in [0.2, 0.25) is 0 Å². The van der Waals surface area contributed by atoms with Crippen molar-refractivity contribution in [2.45, 2.75) is 12.3 Å². The molecule has 2 heterocycles. The molecule has 1 N–H and O–H groups in total. The van der Waals surface area contributed by atoms with Crippen LogP contribution in [0.25, 0.3) is 0 Å². The molecule has 0 saturated carbocycles. The molecule has 4 nitrogen and oxygen atoms in total. The minimum absolute atomic E-state index is 0.106. The van der Waals surface area contributed by atoms with Crippen molar-refractivity contribution in [3.63, 3.8) is 0 Å². The number of carboxylic acid groups (broad SMARTS) is 1. The van der Waals surface area contributed by atoms with Crippen LogP contribution < -0.4 is 0 Å². The van der Waals surface area contributed by atoms with Crippen molar-refractivity contribution >= 4 is 5.97 Å². The summed E-state index contributed by atoms with van der Waals surface area (Å²) < 4.78 is 5.22. The summed E-state index contributed by atoms with van der Waals surface area (Å²) in [7, 11) is 0. The average Bonchev–Trinajstić information content (AvgIpc) is 2.71. The predicted molar refractivity (Wildman–Crippen MR) is 49.4 cm³/mol. The highest BCUT2D eigenvalue weighted by atomic mass is 16.5. The van der Waals surface area contributed by atoms with Gasteiger partial charge < -0.3 is 9.84 Å². The first-order valence-electron chi connectivity index (χ1n) is 4.55. The first kappa shape index (κ1) is 9.15. The van der Waals surface area contributed by atoms with Crippen molar-refractivity contribution in [1.29, 1.82) is 0 Å². The van der Waals surface area contributed by atoms with Crippen LogP contribution in [0, 0.1) is 0 Å². The van der Waals surface area contributed by atoms with Crippen molar-refractivity contribution in [1.82, 2.24) is 4.98 Å². The monoisotopic (exact) mass is 193 g/mol.